The Labute approximate surface area is 115 Å². The van der Waals surface area contributed by atoms with E-state index in [4.69, 9.17) is 4.74 Å². The summed E-state index contributed by atoms with van der Waals surface area (Å²) in [5, 5.41) is 0. The minimum absolute atomic E-state index is 0. The predicted octanol–water partition coefficient (Wildman–Crippen LogP) is 0.281. The minimum Gasteiger partial charge on any atom is -0.497 e. The average molecular weight is 371 g/mol. The topological polar surface area (TPSA) is 9.23 Å². The molecular weight excluding hydrogens is 356 g/mol. The normalized spacial score (nSPS) is 8.28. The molecule has 0 N–H and O–H groups in total. The van der Waals surface area contributed by atoms with Crippen molar-refractivity contribution in [1.29, 1.82) is 0 Å². The quantitative estimate of drug-likeness (QED) is 0.705. The van der Waals surface area contributed by atoms with Crippen molar-refractivity contribution in [3.8, 4) is 5.75 Å². The molecule has 0 aliphatic rings. The van der Waals surface area contributed by atoms with E-state index in [1.807, 2.05) is 12.1 Å². The van der Waals surface area contributed by atoms with Crippen LogP contribution >= 0.6 is 0 Å². The van der Waals surface area contributed by atoms with Gasteiger partial charge in [0.25, 0.3) is 0 Å². The molecule has 0 bridgehead atoms. The first-order valence-electron chi connectivity index (χ1n) is 4.72. The second kappa shape index (κ2) is 9.76. The zero-order valence-corrected chi connectivity index (χ0v) is 11.9. The molecule has 1 nitrogen and oxygen atoms in total. The van der Waals surface area contributed by atoms with Crippen LogP contribution < -0.4 is 25.9 Å². The molecule has 0 atom stereocenters. The number of methoxy groups -OCH3 is 1. The Morgan fingerprint density at radius 2 is 1.22 bits per heavy atom. The number of benzene rings is 2. The van der Waals surface area contributed by atoms with Crippen LogP contribution in [0.1, 0.15) is 0 Å². The lowest BCUT2D eigenvalue weighted by Gasteiger charge is -1.95. The van der Waals surface area contributed by atoms with Gasteiger partial charge in [0.05, 0.1) is 7.11 Å². The van der Waals surface area contributed by atoms with Crippen LogP contribution in [-0.4, -0.2) is 7.11 Å². The zero-order chi connectivity index (χ0) is 10.5. The summed E-state index contributed by atoms with van der Waals surface area (Å²) in [6.45, 7) is 0. The lowest BCUT2D eigenvalue weighted by Crippen LogP contribution is -3.61. The summed E-state index contributed by atoms with van der Waals surface area (Å²) in [6.07, 6.45) is 0. The van der Waals surface area contributed by atoms with Crippen molar-refractivity contribution in [3.05, 3.63) is 61.7 Å². The molecule has 0 amide bonds. The fraction of sp³-hybridized carbons (Fsp3) is 0.0769. The summed E-state index contributed by atoms with van der Waals surface area (Å²) in [6, 6.07) is 19.0. The molecule has 0 aliphatic carbocycles. The fourth-order valence-electron chi connectivity index (χ4n) is 1.24. The van der Waals surface area contributed by atoms with Crippen LogP contribution in [-0.2, 0) is 0 Å². The Hall–Kier alpha value is -1.24. The van der Waals surface area contributed by atoms with Gasteiger partial charge in [0.15, 0.2) is 7.14 Å². The van der Waals surface area contributed by atoms with Gasteiger partial charge in [-0.3, -0.25) is 14.1 Å². The standard InChI is InChI=1S/C13H12IO.3FH/c1-15-13-9-7-12(8-10-13)14-11-5-3-2-4-6-11;;;/h2-10H,1H3;3*1H/q+1;;;. The summed E-state index contributed by atoms with van der Waals surface area (Å²) in [7, 11) is 1.70. The van der Waals surface area contributed by atoms with Crippen LogP contribution in [0.15, 0.2) is 54.6 Å². The van der Waals surface area contributed by atoms with E-state index in [0.717, 1.165) is 5.75 Å². The monoisotopic (exact) mass is 371 g/mol. The van der Waals surface area contributed by atoms with E-state index in [1.54, 1.807) is 7.11 Å². The first kappa shape index (κ1) is 19.1. The van der Waals surface area contributed by atoms with Gasteiger partial charge in [0, 0.05) is 0 Å². The molecule has 0 aromatic heterocycles. The van der Waals surface area contributed by atoms with Crippen LogP contribution in [0.4, 0.5) is 14.1 Å². The highest BCUT2D eigenvalue weighted by atomic mass is 127. The molecule has 0 unspecified atom stereocenters. The maximum absolute atomic E-state index is 5.13. The van der Waals surface area contributed by atoms with Crippen LogP contribution in [0.25, 0.3) is 0 Å². The lowest BCUT2D eigenvalue weighted by atomic mass is 10.3. The second-order valence-corrected chi connectivity index (χ2v) is 6.08. The molecule has 100 valence electrons. The van der Waals surface area contributed by atoms with Crippen molar-refractivity contribution in [2.45, 2.75) is 0 Å². The van der Waals surface area contributed by atoms with Gasteiger partial charge in [-0.15, -0.1) is 0 Å². The maximum Gasteiger partial charge on any atom is 0.357 e. The molecule has 0 spiro atoms. The van der Waals surface area contributed by atoms with Crippen LogP contribution in [0.2, 0.25) is 0 Å². The lowest BCUT2D eigenvalue weighted by molar-refractivity contribution is -0.597. The van der Waals surface area contributed by atoms with E-state index >= 15 is 0 Å². The highest BCUT2D eigenvalue weighted by Crippen LogP contribution is 2.06. The Morgan fingerprint density at radius 1 is 0.722 bits per heavy atom. The molecule has 0 saturated carbocycles. The molecule has 0 saturated heterocycles. The van der Waals surface area contributed by atoms with Crippen LogP contribution in [0.3, 0.4) is 0 Å². The maximum atomic E-state index is 5.13. The molecule has 2 rings (SSSR count). The van der Waals surface area contributed by atoms with Gasteiger partial charge in [0.2, 0.25) is 0 Å². The predicted molar refractivity (Wildman–Crippen MR) is 64.3 cm³/mol. The van der Waals surface area contributed by atoms with Crippen LogP contribution in [0.5, 0.6) is 5.75 Å². The van der Waals surface area contributed by atoms with Gasteiger partial charge in [-0.05, 0) is 36.4 Å². The van der Waals surface area contributed by atoms with Crippen molar-refractivity contribution in [2.75, 3.05) is 7.11 Å². The molecule has 2 aromatic carbocycles. The Morgan fingerprint density at radius 3 is 1.72 bits per heavy atom. The third-order valence-electron chi connectivity index (χ3n) is 2.00. The summed E-state index contributed by atoms with van der Waals surface area (Å²) in [5.41, 5.74) is 0. The van der Waals surface area contributed by atoms with Gasteiger partial charge >= 0.3 is 21.2 Å². The van der Waals surface area contributed by atoms with E-state index in [0.29, 0.717) is 0 Å². The van der Waals surface area contributed by atoms with Crippen LogP contribution in [0, 0.1) is 7.14 Å². The number of hydrogen-bond acceptors (Lipinski definition) is 1. The highest BCUT2D eigenvalue weighted by Gasteiger charge is 2.13. The molecule has 0 radical (unpaired) electrons. The van der Waals surface area contributed by atoms with E-state index in [-0.39, 0.29) is 35.3 Å². The zero-order valence-electron chi connectivity index (χ0n) is 9.71. The average Bonchev–Trinajstić information content (AvgIpc) is 2.31. The molecule has 5 heteroatoms. The van der Waals surface area contributed by atoms with Crippen molar-refractivity contribution in [3.63, 3.8) is 0 Å². The van der Waals surface area contributed by atoms with Gasteiger partial charge in [0.1, 0.15) is 5.75 Å². The molecule has 2 aromatic rings. The summed E-state index contributed by atoms with van der Waals surface area (Å²) < 4.78 is 7.99. The van der Waals surface area contributed by atoms with E-state index in [2.05, 4.69) is 42.5 Å². The van der Waals surface area contributed by atoms with E-state index in [9.17, 15) is 0 Å². The van der Waals surface area contributed by atoms with Gasteiger partial charge in [-0.1, -0.05) is 18.2 Å². The van der Waals surface area contributed by atoms with Crippen molar-refractivity contribution >= 4 is 0 Å². The number of hydrogen-bond donors (Lipinski definition) is 0. The molecule has 0 aliphatic heterocycles. The van der Waals surface area contributed by atoms with Crippen molar-refractivity contribution in [2.24, 2.45) is 0 Å². The number of rotatable bonds is 3. The molecule has 0 heterocycles. The fourth-order valence-corrected chi connectivity index (χ4v) is 3.45. The molecular formula is C13H15F3IO+. The summed E-state index contributed by atoms with van der Waals surface area (Å²) >= 11 is -0.0449. The first-order valence-corrected chi connectivity index (χ1v) is 6.88. The SMILES string of the molecule is COc1ccc([I+]c2ccccc2)cc1.F.F.F. The largest absolute Gasteiger partial charge is 0.497 e. The Bertz CT molecular complexity index is 420. The summed E-state index contributed by atoms with van der Waals surface area (Å²) in [5.74, 6) is 0.927. The van der Waals surface area contributed by atoms with Gasteiger partial charge < -0.3 is 4.74 Å². The summed E-state index contributed by atoms with van der Waals surface area (Å²) in [4.78, 5) is 0. The van der Waals surface area contributed by atoms with Crippen molar-refractivity contribution in [1.82, 2.24) is 0 Å². The second-order valence-electron chi connectivity index (χ2n) is 3.05. The highest BCUT2D eigenvalue weighted by molar-refractivity contribution is 5.20. The third-order valence-corrected chi connectivity index (χ3v) is 4.68. The Kier molecular flexibility index (Phi) is 10.4. The molecule has 0 fully saturated rings. The van der Waals surface area contributed by atoms with E-state index in [1.165, 1.54) is 7.14 Å². The van der Waals surface area contributed by atoms with E-state index < -0.39 is 0 Å². The van der Waals surface area contributed by atoms with Gasteiger partial charge in [-0.25, -0.2) is 0 Å². The number of ether oxygens (including phenoxy) is 1. The Balaban J connectivity index is 0. The smallest absolute Gasteiger partial charge is 0.357 e. The van der Waals surface area contributed by atoms with Gasteiger partial charge in [-0.2, -0.15) is 0 Å². The van der Waals surface area contributed by atoms with Crippen molar-refractivity contribution < 1.29 is 40.1 Å². The first-order chi connectivity index (χ1) is 7.38. The molecule has 18 heavy (non-hydrogen) atoms. The third kappa shape index (κ3) is 5.39. The number of halogens is 4. The minimum atomic E-state index is -0.0449.